The Kier molecular flexibility index (Phi) is 3.70. The molecule has 1 N–H and O–H groups in total. The Bertz CT molecular complexity index is 318. The summed E-state index contributed by atoms with van der Waals surface area (Å²) in [6.07, 6.45) is 0.441. The van der Waals surface area contributed by atoms with Gasteiger partial charge in [0, 0.05) is 5.57 Å². The van der Waals surface area contributed by atoms with E-state index in [9.17, 15) is 14.7 Å². The van der Waals surface area contributed by atoms with Crippen LogP contribution in [0, 0.1) is 5.92 Å². The second kappa shape index (κ2) is 4.65. The molecule has 1 saturated heterocycles. The molecule has 5 nitrogen and oxygen atoms in total. The lowest BCUT2D eigenvalue weighted by Gasteiger charge is -2.26. The van der Waals surface area contributed by atoms with Crippen LogP contribution in [-0.4, -0.2) is 35.9 Å². The van der Waals surface area contributed by atoms with Crippen molar-refractivity contribution in [1.29, 1.82) is 0 Å². The van der Waals surface area contributed by atoms with E-state index in [0.29, 0.717) is 13.0 Å². The van der Waals surface area contributed by atoms with Crippen LogP contribution < -0.4 is 0 Å². The lowest BCUT2D eigenvalue weighted by Crippen LogP contribution is -2.42. The highest BCUT2D eigenvalue weighted by Gasteiger charge is 2.42. The van der Waals surface area contributed by atoms with Crippen LogP contribution in [0.4, 0.5) is 0 Å². The number of hydrogen-bond acceptors (Lipinski definition) is 5. The number of hydrogen-bond donors (Lipinski definition) is 1. The summed E-state index contributed by atoms with van der Waals surface area (Å²) in [5, 5.41) is 10.0. The molecule has 1 rings (SSSR count). The van der Waals surface area contributed by atoms with E-state index in [1.54, 1.807) is 0 Å². The zero-order chi connectivity index (χ0) is 12.3. The van der Waals surface area contributed by atoms with Crippen molar-refractivity contribution >= 4 is 11.9 Å². The molecule has 5 heteroatoms. The number of carbonyl (C=O) groups is 2. The summed E-state index contributed by atoms with van der Waals surface area (Å²) in [5.74, 6) is -1.66. The molecule has 0 amide bonds. The lowest BCUT2D eigenvalue weighted by atomic mass is 9.89. The molecule has 1 heterocycles. The Morgan fingerprint density at radius 1 is 1.75 bits per heavy atom. The molecule has 0 spiro atoms. The van der Waals surface area contributed by atoms with Crippen LogP contribution in [0.5, 0.6) is 0 Å². The highest BCUT2D eigenvalue weighted by molar-refractivity contribution is 5.87. The summed E-state index contributed by atoms with van der Waals surface area (Å²) in [4.78, 5) is 22.4. The second-order valence-electron chi connectivity index (χ2n) is 4.22. The van der Waals surface area contributed by atoms with Gasteiger partial charge in [0.1, 0.15) is 12.2 Å². The monoisotopic (exact) mass is 228 g/mol. The number of ether oxygens (including phenoxy) is 2. The van der Waals surface area contributed by atoms with Crippen LogP contribution in [0.2, 0.25) is 0 Å². The lowest BCUT2D eigenvalue weighted by molar-refractivity contribution is -0.158. The van der Waals surface area contributed by atoms with E-state index in [4.69, 9.17) is 9.47 Å². The minimum absolute atomic E-state index is 0.238. The van der Waals surface area contributed by atoms with Gasteiger partial charge in [0.25, 0.3) is 0 Å². The Hall–Kier alpha value is -1.36. The van der Waals surface area contributed by atoms with Gasteiger partial charge in [0.2, 0.25) is 0 Å². The molecule has 0 saturated carbocycles. The largest absolute Gasteiger partial charge is 0.465 e. The molecule has 2 atom stereocenters. The van der Waals surface area contributed by atoms with Gasteiger partial charge < -0.3 is 14.6 Å². The maximum Gasteiger partial charge on any atom is 0.333 e. The Balaban J connectivity index is 2.54. The van der Waals surface area contributed by atoms with Crippen LogP contribution in [-0.2, 0) is 19.1 Å². The SMILES string of the molecule is C=C(C)C(=O)OCC(C)(O)C1CCOC1=O. The van der Waals surface area contributed by atoms with Gasteiger partial charge in [-0.15, -0.1) is 0 Å². The van der Waals surface area contributed by atoms with E-state index in [0.717, 1.165) is 0 Å². The second-order valence-corrected chi connectivity index (χ2v) is 4.22. The normalized spacial score (nSPS) is 23.4. The fourth-order valence-corrected chi connectivity index (χ4v) is 1.50. The first-order valence-electron chi connectivity index (χ1n) is 5.06. The highest BCUT2D eigenvalue weighted by Crippen LogP contribution is 2.27. The molecule has 16 heavy (non-hydrogen) atoms. The first-order chi connectivity index (χ1) is 7.34. The standard InChI is InChI=1S/C11H16O5/c1-7(2)9(12)16-6-11(3,14)8-4-5-15-10(8)13/h8,14H,1,4-6H2,2-3H3. The molecule has 1 aliphatic rings. The summed E-state index contributed by atoms with van der Waals surface area (Å²) >= 11 is 0. The third-order valence-electron chi connectivity index (χ3n) is 2.53. The van der Waals surface area contributed by atoms with Gasteiger partial charge in [-0.05, 0) is 20.3 Å². The zero-order valence-corrected chi connectivity index (χ0v) is 9.49. The van der Waals surface area contributed by atoms with Crippen molar-refractivity contribution in [2.24, 2.45) is 5.92 Å². The smallest absolute Gasteiger partial charge is 0.333 e. The van der Waals surface area contributed by atoms with Crippen LogP contribution in [0.15, 0.2) is 12.2 Å². The fourth-order valence-electron chi connectivity index (χ4n) is 1.50. The molecule has 0 aromatic rings. The van der Waals surface area contributed by atoms with Crippen molar-refractivity contribution in [3.8, 4) is 0 Å². The van der Waals surface area contributed by atoms with Crippen molar-refractivity contribution in [3.05, 3.63) is 12.2 Å². The maximum absolute atomic E-state index is 11.3. The average Bonchev–Trinajstić information content (AvgIpc) is 2.61. The van der Waals surface area contributed by atoms with E-state index in [-0.39, 0.29) is 12.2 Å². The third kappa shape index (κ3) is 2.82. The molecule has 0 aromatic carbocycles. The van der Waals surface area contributed by atoms with Crippen molar-refractivity contribution in [2.45, 2.75) is 25.9 Å². The highest BCUT2D eigenvalue weighted by atomic mass is 16.6. The molecule has 1 fully saturated rings. The summed E-state index contributed by atoms with van der Waals surface area (Å²) in [5.41, 5.74) is -1.14. The van der Waals surface area contributed by atoms with Crippen LogP contribution in [0.25, 0.3) is 0 Å². The summed E-state index contributed by atoms with van der Waals surface area (Å²) in [7, 11) is 0. The van der Waals surface area contributed by atoms with Crippen molar-refractivity contribution in [1.82, 2.24) is 0 Å². The zero-order valence-electron chi connectivity index (χ0n) is 9.49. The van der Waals surface area contributed by atoms with Gasteiger partial charge in [-0.2, -0.15) is 0 Å². The van der Waals surface area contributed by atoms with E-state index < -0.39 is 23.5 Å². The Morgan fingerprint density at radius 3 is 2.81 bits per heavy atom. The first kappa shape index (κ1) is 12.7. The van der Waals surface area contributed by atoms with Crippen LogP contribution in [0.3, 0.4) is 0 Å². The van der Waals surface area contributed by atoms with E-state index in [2.05, 4.69) is 6.58 Å². The van der Waals surface area contributed by atoms with Crippen molar-refractivity contribution in [2.75, 3.05) is 13.2 Å². The summed E-state index contributed by atoms with van der Waals surface area (Å²) in [6.45, 7) is 6.45. The third-order valence-corrected chi connectivity index (χ3v) is 2.53. The van der Waals surface area contributed by atoms with Crippen molar-refractivity contribution in [3.63, 3.8) is 0 Å². The topological polar surface area (TPSA) is 72.8 Å². The van der Waals surface area contributed by atoms with E-state index >= 15 is 0 Å². The van der Waals surface area contributed by atoms with Crippen LogP contribution >= 0.6 is 0 Å². The molecule has 0 aliphatic carbocycles. The fraction of sp³-hybridized carbons (Fsp3) is 0.636. The minimum Gasteiger partial charge on any atom is -0.465 e. The molecule has 0 bridgehead atoms. The van der Waals surface area contributed by atoms with Gasteiger partial charge in [0.15, 0.2) is 0 Å². The number of aliphatic hydroxyl groups is 1. The number of esters is 2. The first-order valence-corrected chi connectivity index (χ1v) is 5.06. The number of rotatable bonds is 4. The number of cyclic esters (lactones) is 1. The van der Waals surface area contributed by atoms with E-state index in [1.165, 1.54) is 13.8 Å². The predicted octanol–water partition coefficient (Wildman–Crippen LogP) is 0.420. The molecule has 2 unspecified atom stereocenters. The van der Waals surface area contributed by atoms with Crippen molar-refractivity contribution < 1.29 is 24.2 Å². The maximum atomic E-state index is 11.3. The van der Waals surface area contributed by atoms with E-state index in [1.807, 2.05) is 0 Å². The van der Waals surface area contributed by atoms with Gasteiger partial charge in [-0.25, -0.2) is 4.79 Å². The molecule has 1 aliphatic heterocycles. The molecular formula is C11H16O5. The average molecular weight is 228 g/mol. The molecule has 0 aromatic heterocycles. The minimum atomic E-state index is -1.39. The molecular weight excluding hydrogens is 212 g/mol. The number of carbonyl (C=O) groups excluding carboxylic acids is 2. The summed E-state index contributed by atoms with van der Waals surface area (Å²) in [6, 6.07) is 0. The molecule has 0 radical (unpaired) electrons. The molecule has 90 valence electrons. The Morgan fingerprint density at radius 2 is 2.38 bits per heavy atom. The Labute approximate surface area is 94.0 Å². The van der Waals surface area contributed by atoms with Crippen LogP contribution in [0.1, 0.15) is 20.3 Å². The van der Waals surface area contributed by atoms with Gasteiger partial charge in [0.05, 0.1) is 12.5 Å². The predicted molar refractivity (Wildman–Crippen MR) is 55.5 cm³/mol. The summed E-state index contributed by atoms with van der Waals surface area (Å²) < 4.78 is 9.58. The van der Waals surface area contributed by atoms with Gasteiger partial charge in [-0.1, -0.05) is 6.58 Å². The quantitative estimate of drug-likeness (QED) is 0.557. The van der Waals surface area contributed by atoms with Gasteiger partial charge in [-0.3, -0.25) is 4.79 Å². The van der Waals surface area contributed by atoms with Gasteiger partial charge >= 0.3 is 11.9 Å².